The third-order valence-corrected chi connectivity index (χ3v) is 2.78. The molecule has 94 valence electrons. The van der Waals surface area contributed by atoms with E-state index in [1.165, 1.54) is 6.92 Å². The molecule has 1 aliphatic heterocycles. The van der Waals surface area contributed by atoms with Crippen LogP contribution in [0.4, 0.5) is 5.69 Å². The van der Waals surface area contributed by atoms with Crippen molar-refractivity contribution in [2.75, 3.05) is 11.9 Å². The molecule has 0 spiro atoms. The average Bonchev–Trinajstić information content (AvgIpc) is 2.69. The molecule has 0 fully saturated rings. The summed E-state index contributed by atoms with van der Waals surface area (Å²) in [7, 11) is 0. The third kappa shape index (κ3) is 2.97. The van der Waals surface area contributed by atoms with Crippen LogP contribution in [0.5, 0.6) is 0 Å². The maximum atomic E-state index is 11.3. The number of rotatable bonds is 4. The summed E-state index contributed by atoms with van der Waals surface area (Å²) in [4.78, 5) is 22.0. The van der Waals surface area contributed by atoms with Crippen molar-refractivity contribution in [1.29, 1.82) is 0 Å². The van der Waals surface area contributed by atoms with E-state index in [-0.39, 0.29) is 11.8 Å². The molecule has 0 atom stereocenters. The summed E-state index contributed by atoms with van der Waals surface area (Å²) in [6.45, 7) is 2.14. The molecule has 2 amide bonds. The van der Waals surface area contributed by atoms with Gasteiger partial charge >= 0.3 is 0 Å². The fraction of sp³-hybridized carbons (Fsp3) is 0.286. The monoisotopic (exact) mass is 244 g/mol. The number of nitrogens with one attached hydrogen (secondary N) is 2. The highest BCUT2D eigenvalue weighted by atomic mass is 16.2. The zero-order valence-corrected chi connectivity index (χ0v) is 10.3. The van der Waals surface area contributed by atoms with Crippen LogP contribution in [0.2, 0.25) is 0 Å². The van der Waals surface area contributed by atoms with Gasteiger partial charge in [-0.1, -0.05) is 30.4 Å². The number of fused-ring (bicyclic) bond motifs is 1. The first-order valence-electron chi connectivity index (χ1n) is 5.99. The Balaban J connectivity index is 1.98. The van der Waals surface area contributed by atoms with Gasteiger partial charge in [0.15, 0.2) is 0 Å². The van der Waals surface area contributed by atoms with E-state index < -0.39 is 0 Å². The summed E-state index contributed by atoms with van der Waals surface area (Å²) >= 11 is 0. The van der Waals surface area contributed by atoms with Crippen molar-refractivity contribution in [3.8, 4) is 0 Å². The molecule has 0 unspecified atom stereocenters. The van der Waals surface area contributed by atoms with Gasteiger partial charge in [-0.3, -0.25) is 9.59 Å². The van der Waals surface area contributed by atoms with Crippen LogP contribution in [-0.4, -0.2) is 18.4 Å². The van der Waals surface area contributed by atoms with Crippen LogP contribution in [-0.2, 0) is 16.0 Å². The smallest absolute Gasteiger partial charge is 0.228 e. The molecule has 0 bridgehead atoms. The zero-order valence-electron chi connectivity index (χ0n) is 10.3. The highest BCUT2D eigenvalue weighted by Gasteiger charge is 2.18. The van der Waals surface area contributed by atoms with Crippen LogP contribution >= 0.6 is 0 Å². The fourth-order valence-corrected chi connectivity index (χ4v) is 1.96. The second-order valence-electron chi connectivity index (χ2n) is 4.28. The normalized spacial score (nSPS) is 13.5. The second-order valence-corrected chi connectivity index (χ2v) is 4.28. The highest BCUT2D eigenvalue weighted by Crippen LogP contribution is 2.27. The topological polar surface area (TPSA) is 58.2 Å². The summed E-state index contributed by atoms with van der Waals surface area (Å²) in [5.41, 5.74) is 2.98. The average molecular weight is 244 g/mol. The Morgan fingerprint density at radius 2 is 2.33 bits per heavy atom. The number of anilines is 1. The summed E-state index contributed by atoms with van der Waals surface area (Å²) in [6, 6.07) is 5.88. The Kier molecular flexibility index (Phi) is 3.77. The molecule has 1 aliphatic rings. The maximum Gasteiger partial charge on any atom is 0.228 e. The van der Waals surface area contributed by atoms with Crippen LogP contribution in [0.1, 0.15) is 24.5 Å². The minimum Gasteiger partial charge on any atom is -0.356 e. The van der Waals surface area contributed by atoms with Crippen molar-refractivity contribution in [3.63, 3.8) is 0 Å². The van der Waals surface area contributed by atoms with Crippen molar-refractivity contribution in [3.05, 3.63) is 35.4 Å². The number of benzene rings is 1. The number of carbonyl (C=O) groups excluding carboxylic acids is 2. The van der Waals surface area contributed by atoms with Crippen molar-refractivity contribution in [1.82, 2.24) is 5.32 Å². The van der Waals surface area contributed by atoms with E-state index in [0.29, 0.717) is 13.0 Å². The van der Waals surface area contributed by atoms with E-state index in [1.807, 2.05) is 30.4 Å². The molecule has 0 aromatic heterocycles. The van der Waals surface area contributed by atoms with Gasteiger partial charge in [-0.2, -0.15) is 0 Å². The molecule has 0 aliphatic carbocycles. The molecule has 0 radical (unpaired) electrons. The van der Waals surface area contributed by atoms with Gasteiger partial charge in [0.25, 0.3) is 0 Å². The van der Waals surface area contributed by atoms with Gasteiger partial charge in [0.1, 0.15) is 0 Å². The summed E-state index contributed by atoms with van der Waals surface area (Å²) < 4.78 is 0. The van der Waals surface area contributed by atoms with E-state index in [4.69, 9.17) is 0 Å². The van der Waals surface area contributed by atoms with Gasteiger partial charge in [0.2, 0.25) is 11.8 Å². The Labute approximate surface area is 106 Å². The van der Waals surface area contributed by atoms with Gasteiger partial charge in [-0.05, 0) is 17.5 Å². The number of hydrogen-bond acceptors (Lipinski definition) is 2. The lowest BCUT2D eigenvalue weighted by Gasteiger charge is -2.03. The summed E-state index contributed by atoms with van der Waals surface area (Å²) in [6.07, 6.45) is 5.21. The summed E-state index contributed by atoms with van der Waals surface area (Å²) in [5.74, 6) is 0.0281. The first-order valence-corrected chi connectivity index (χ1v) is 5.99. The Morgan fingerprint density at radius 1 is 1.50 bits per heavy atom. The largest absolute Gasteiger partial charge is 0.356 e. The quantitative estimate of drug-likeness (QED) is 0.792. The third-order valence-electron chi connectivity index (χ3n) is 2.78. The molecule has 4 nitrogen and oxygen atoms in total. The molecule has 0 saturated carbocycles. The Bertz CT molecular complexity index is 507. The van der Waals surface area contributed by atoms with Crippen LogP contribution in [0.3, 0.4) is 0 Å². The number of para-hydroxylation sites is 1. The first kappa shape index (κ1) is 12.4. The van der Waals surface area contributed by atoms with Gasteiger partial charge in [0, 0.05) is 13.5 Å². The molecule has 4 heteroatoms. The minimum absolute atomic E-state index is 0.0173. The molecule has 0 saturated heterocycles. The molecular formula is C14H16N2O2. The highest BCUT2D eigenvalue weighted by molar-refractivity contribution is 6.01. The van der Waals surface area contributed by atoms with Crippen molar-refractivity contribution >= 4 is 23.6 Å². The van der Waals surface area contributed by atoms with Gasteiger partial charge in [-0.25, -0.2) is 0 Å². The van der Waals surface area contributed by atoms with Crippen LogP contribution in [0.25, 0.3) is 6.08 Å². The molecule has 2 N–H and O–H groups in total. The van der Waals surface area contributed by atoms with Crippen LogP contribution in [0, 0.1) is 0 Å². The van der Waals surface area contributed by atoms with E-state index in [9.17, 15) is 9.59 Å². The molecular weight excluding hydrogens is 228 g/mol. The van der Waals surface area contributed by atoms with E-state index in [2.05, 4.69) is 10.6 Å². The molecule has 18 heavy (non-hydrogen) atoms. The molecule has 1 aromatic carbocycles. The van der Waals surface area contributed by atoms with Gasteiger partial charge < -0.3 is 10.6 Å². The lowest BCUT2D eigenvalue weighted by molar-refractivity contribution is -0.119. The Hall–Kier alpha value is -2.10. The van der Waals surface area contributed by atoms with E-state index >= 15 is 0 Å². The predicted molar refractivity (Wildman–Crippen MR) is 71.1 cm³/mol. The SMILES string of the molecule is CC(=O)NCCC=Cc1cccc2c1NC(=O)C2. The van der Waals surface area contributed by atoms with Crippen molar-refractivity contribution in [2.45, 2.75) is 19.8 Å². The van der Waals surface area contributed by atoms with Crippen LogP contribution < -0.4 is 10.6 Å². The fourth-order valence-electron chi connectivity index (χ4n) is 1.96. The molecule has 1 aromatic rings. The Morgan fingerprint density at radius 3 is 3.11 bits per heavy atom. The zero-order chi connectivity index (χ0) is 13.0. The lowest BCUT2D eigenvalue weighted by atomic mass is 10.1. The molecule has 1 heterocycles. The summed E-state index contributed by atoms with van der Waals surface area (Å²) in [5, 5.41) is 5.60. The first-order chi connectivity index (χ1) is 8.66. The second kappa shape index (κ2) is 5.49. The standard InChI is InChI=1S/C14H16N2O2/c1-10(17)15-8-3-2-5-11-6-4-7-12-9-13(18)16-14(11)12/h2,4-7H,3,8-9H2,1H3,(H,15,17)(H,16,18). The van der Waals surface area contributed by atoms with Crippen LogP contribution in [0.15, 0.2) is 24.3 Å². The maximum absolute atomic E-state index is 11.3. The predicted octanol–water partition coefficient (Wildman–Crippen LogP) is 1.72. The molecule has 2 rings (SSSR count). The number of amides is 2. The van der Waals surface area contributed by atoms with E-state index in [1.54, 1.807) is 0 Å². The minimum atomic E-state index is -0.0173. The van der Waals surface area contributed by atoms with Crippen molar-refractivity contribution in [2.24, 2.45) is 0 Å². The van der Waals surface area contributed by atoms with Gasteiger partial charge in [-0.15, -0.1) is 0 Å². The lowest BCUT2D eigenvalue weighted by Crippen LogP contribution is -2.20. The number of hydrogen-bond donors (Lipinski definition) is 2. The van der Waals surface area contributed by atoms with Gasteiger partial charge in [0.05, 0.1) is 12.1 Å². The number of carbonyl (C=O) groups is 2. The van der Waals surface area contributed by atoms with E-state index in [0.717, 1.165) is 23.2 Å². The van der Waals surface area contributed by atoms with Crippen molar-refractivity contribution < 1.29 is 9.59 Å².